The van der Waals surface area contributed by atoms with Crippen LogP contribution < -0.4 is 5.32 Å². The maximum Gasteiger partial charge on any atom is 0.234 e. The largest absolute Gasteiger partial charge is 0.508 e. The zero-order valence-electron chi connectivity index (χ0n) is 16.4. The number of nitrogens with one attached hydrogen (secondary N) is 1. The average molecular weight is 375 g/mol. The Bertz CT molecular complexity index is 579. The molecule has 0 bridgehead atoms. The number of para-hydroxylation sites is 1. The molecule has 27 heavy (non-hydrogen) atoms. The quantitative estimate of drug-likeness (QED) is 0.765. The van der Waals surface area contributed by atoms with Crippen molar-refractivity contribution in [1.82, 2.24) is 10.2 Å². The van der Waals surface area contributed by atoms with Crippen molar-refractivity contribution in [1.29, 1.82) is 0 Å². The SMILES string of the molecule is O=C(CN(Cc1ccccc1O)CC1CCCO1)NC1CCCCCCC1. The third-order valence-corrected chi connectivity index (χ3v) is 5.71. The Morgan fingerprint density at radius 2 is 1.81 bits per heavy atom. The summed E-state index contributed by atoms with van der Waals surface area (Å²) in [6, 6.07) is 7.68. The van der Waals surface area contributed by atoms with E-state index in [0.29, 0.717) is 19.1 Å². The van der Waals surface area contributed by atoms with E-state index in [0.717, 1.165) is 44.4 Å². The summed E-state index contributed by atoms with van der Waals surface area (Å²) in [7, 11) is 0. The number of nitrogens with zero attached hydrogens (tertiary/aromatic N) is 1. The molecule has 1 aromatic carbocycles. The highest BCUT2D eigenvalue weighted by atomic mass is 16.5. The highest BCUT2D eigenvalue weighted by molar-refractivity contribution is 5.78. The summed E-state index contributed by atoms with van der Waals surface area (Å²) < 4.78 is 5.78. The molecule has 5 heteroatoms. The van der Waals surface area contributed by atoms with Crippen molar-refractivity contribution in [3.05, 3.63) is 29.8 Å². The van der Waals surface area contributed by atoms with Gasteiger partial charge in [-0.2, -0.15) is 0 Å². The fourth-order valence-electron chi connectivity index (χ4n) is 4.22. The predicted octanol–water partition coefficient (Wildman–Crippen LogP) is 3.60. The molecule has 1 saturated heterocycles. The van der Waals surface area contributed by atoms with Crippen molar-refractivity contribution in [2.24, 2.45) is 0 Å². The molecule has 0 spiro atoms. The van der Waals surface area contributed by atoms with Crippen LogP contribution in [0, 0.1) is 0 Å². The van der Waals surface area contributed by atoms with E-state index in [1.165, 1.54) is 32.1 Å². The first-order valence-electron chi connectivity index (χ1n) is 10.6. The van der Waals surface area contributed by atoms with E-state index >= 15 is 0 Å². The molecule has 2 fully saturated rings. The van der Waals surface area contributed by atoms with Gasteiger partial charge in [0.2, 0.25) is 5.91 Å². The number of hydrogen-bond donors (Lipinski definition) is 2. The van der Waals surface area contributed by atoms with Crippen LogP contribution in [0.15, 0.2) is 24.3 Å². The Labute approximate surface area is 163 Å². The zero-order chi connectivity index (χ0) is 18.9. The molecule has 1 aliphatic carbocycles. The number of amides is 1. The first kappa shape index (κ1) is 20.2. The molecule has 1 amide bonds. The van der Waals surface area contributed by atoms with Gasteiger partial charge in [0.15, 0.2) is 0 Å². The van der Waals surface area contributed by atoms with Crippen molar-refractivity contribution in [3.8, 4) is 5.75 Å². The minimum Gasteiger partial charge on any atom is -0.508 e. The maximum absolute atomic E-state index is 12.7. The fraction of sp³-hybridized carbons (Fsp3) is 0.682. The van der Waals surface area contributed by atoms with Crippen LogP contribution in [0.5, 0.6) is 5.75 Å². The van der Waals surface area contributed by atoms with Gasteiger partial charge in [-0.15, -0.1) is 0 Å². The zero-order valence-corrected chi connectivity index (χ0v) is 16.4. The smallest absolute Gasteiger partial charge is 0.234 e. The van der Waals surface area contributed by atoms with Gasteiger partial charge in [0, 0.05) is 31.3 Å². The number of phenolic OH excluding ortho intramolecular Hbond substituents is 1. The molecular weight excluding hydrogens is 340 g/mol. The number of aromatic hydroxyl groups is 1. The Morgan fingerprint density at radius 1 is 1.07 bits per heavy atom. The van der Waals surface area contributed by atoms with Crippen molar-refractivity contribution in [2.75, 3.05) is 19.7 Å². The van der Waals surface area contributed by atoms with Gasteiger partial charge in [-0.1, -0.05) is 50.3 Å². The minimum atomic E-state index is 0.0917. The Kier molecular flexibility index (Phi) is 7.96. The third-order valence-electron chi connectivity index (χ3n) is 5.71. The summed E-state index contributed by atoms with van der Waals surface area (Å²) in [5.41, 5.74) is 0.856. The normalized spacial score (nSPS) is 21.7. The molecule has 5 nitrogen and oxygen atoms in total. The van der Waals surface area contributed by atoms with Crippen molar-refractivity contribution in [3.63, 3.8) is 0 Å². The first-order valence-corrected chi connectivity index (χ1v) is 10.6. The van der Waals surface area contributed by atoms with Gasteiger partial charge >= 0.3 is 0 Å². The Balaban J connectivity index is 1.57. The lowest BCUT2D eigenvalue weighted by molar-refractivity contribution is -0.123. The maximum atomic E-state index is 12.7. The minimum absolute atomic E-state index is 0.0917. The van der Waals surface area contributed by atoms with Gasteiger partial charge in [-0.25, -0.2) is 0 Å². The summed E-state index contributed by atoms with van der Waals surface area (Å²) in [6.07, 6.45) is 10.8. The molecule has 1 heterocycles. The highest BCUT2D eigenvalue weighted by Gasteiger charge is 2.23. The van der Waals surface area contributed by atoms with Crippen molar-refractivity contribution < 1.29 is 14.6 Å². The van der Waals surface area contributed by atoms with E-state index in [2.05, 4.69) is 10.2 Å². The number of hydrogen-bond acceptors (Lipinski definition) is 4. The number of carbonyl (C=O) groups is 1. The lowest BCUT2D eigenvalue weighted by Crippen LogP contribution is -2.44. The molecule has 1 unspecified atom stereocenters. The molecule has 1 aromatic rings. The molecule has 1 atom stereocenters. The number of rotatable bonds is 7. The second-order valence-corrected chi connectivity index (χ2v) is 8.04. The fourth-order valence-corrected chi connectivity index (χ4v) is 4.22. The summed E-state index contributed by atoms with van der Waals surface area (Å²) in [6.45, 7) is 2.45. The number of ether oxygens (including phenoxy) is 1. The van der Waals surface area contributed by atoms with Crippen molar-refractivity contribution >= 4 is 5.91 Å². The lowest BCUT2D eigenvalue weighted by atomic mass is 9.97. The topological polar surface area (TPSA) is 61.8 Å². The molecule has 2 N–H and O–H groups in total. The van der Waals surface area contributed by atoms with Gasteiger partial charge < -0.3 is 15.2 Å². The number of benzene rings is 1. The van der Waals surface area contributed by atoms with Gasteiger partial charge in [0.05, 0.1) is 12.6 Å². The van der Waals surface area contributed by atoms with Gasteiger partial charge in [-0.3, -0.25) is 9.69 Å². The molecule has 1 saturated carbocycles. The second kappa shape index (κ2) is 10.7. The molecule has 0 radical (unpaired) electrons. The highest BCUT2D eigenvalue weighted by Crippen LogP contribution is 2.21. The van der Waals surface area contributed by atoms with Crippen LogP contribution in [0.1, 0.15) is 63.4 Å². The summed E-state index contributed by atoms with van der Waals surface area (Å²) in [5, 5.41) is 13.4. The van der Waals surface area contributed by atoms with E-state index in [-0.39, 0.29) is 17.8 Å². The first-order chi connectivity index (χ1) is 13.2. The average Bonchev–Trinajstić information content (AvgIpc) is 3.12. The van der Waals surface area contributed by atoms with E-state index in [4.69, 9.17) is 4.74 Å². The van der Waals surface area contributed by atoms with Crippen molar-refractivity contribution in [2.45, 2.75) is 76.5 Å². The van der Waals surface area contributed by atoms with Crippen LogP contribution >= 0.6 is 0 Å². The molecule has 3 rings (SSSR count). The molecule has 1 aliphatic heterocycles. The number of phenols is 1. The Hall–Kier alpha value is -1.59. The van der Waals surface area contributed by atoms with Gasteiger partial charge in [0.1, 0.15) is 5.75 Å². The van der Waals surface area contributed by atoms with Crippen LogP contribution in [0.2, 0.25) is 0 Å². The van der Waals surface area contributed by atoms with Crippen LogP contribution in [-0.2, 0) is 16.1 Å². The monoisotopic (exact) mass is 374 g/mol. The number of carbonyl (C=O) groups excluding carboxylic acids is 1. The van der Waals surface area contributed by atoms with E-state index in [1.54, 1.807) is 6.07 Å². The van der Waals surface area contributed by atoms with E-state index in [9.17, 15) is 9.90 Å². The second-order valence-electron chi connectivity index (χ2n) is 8.04. The van der Waals surface area contributed by atoms with Crippen LogP contribution in [0.3, 0.4) is 0 Å². The van der Waals surface area contributed by atoms with Crippen LogP contribution in [0.25, 0.3) is 0 Å². The summed E-state index contributed by atoms with van der Waals surface area (Å²) >= 11 is 0. The van der Waals surface area contributed by atoms with Gasteiger partial charge in [-0.05, 0) is 31.7 Å². The summed E-state index contributed by atoms with van der Waals surface area (Å²) in [4.78, 5) is 14.8. The third kappa shape index (κ3) is 6.82. The predicted molar refractivity (Wildman–Crippen MR) is 107 cm³/mol. The molecule has 0 aromatic heterocycles. The van der Waals surface area contributed by atoms with Gasteiger partial charge in [0.25, 0.3) is 0 Å². The van der Waals surface area contributed by atoms with Crippen LogP contribution in [-0.4, -0.2) is 47.8 Å². The summed E-state index contributed by atoms with van der Waals surface area (Å²) in [5.74, 6) is 0.379. The molecule has 150 valence electrons. The van der Waals surface area contributed by atoms with Crippen LogP contribution in [0.4, 0.5) is 0 Å². The molecular formula is C22H34N2O3. The standard InChI is InChI=1S/C22H34N2O3/c25-21-13-7-6-9-18(21)15-24(16-20-12-8-14-27-20)17-22(26)23-19-10-4-2-1-3-5-11-19/h6-7,9,13,19-20,25H,1-5,8,10-12,14-17H2,(H,23,26). The Morgan fingerprint density at radius 3 is 2.52 bits per heavy atom. The van der Waals surface area contributed by atoms with E-state index < -0.39 is 0 Å². The molecule has 2 aliphatic rings. The van der Waals surface area contributed by atoms with E-state index in [1.807, 2.05) is 18.2 Å². The lowest BCUT2D eigenvalue weighted by Gasteiger charge is -2.27.